The molecule has 3 N–H and O–H groups in total. The molecule has 0 heterocycles. The first-order valence-corrected chi connectivity index (χ1v) is 8.29. The van der Waals surface area contributed by atoms with Gasteiger partial charge in [0.25, 0.3) is 11.8 Å². The SMILES string of the molecule is CCOC(=O)Oc1ccc(C(=O)NCCNC(=O)c2cccc(O)c2)cc1. The number of aromatic hydroxyl groups is 1. The van der Waals surface area contributed by atoms with Gasteiger partial charge in [0.15, 0.2) is 0 Å². The van der Waals surface area contributed by atoms with Gasteiger partial charge in [-0.25, -0.2) is 4.79 Å². The average molecular weight is 372 g/mol. The van der Waals surface area contributed by atoms with Crippen molar-refractivity contribution in [2.45, 2.75) is 6.92 Å². The molecule has 0 radical (unpaired) electrons. The molecule has 0 spiro atoms. The van der Waals surface area contributed by atoms with E-state index in [1.54, 1.807) is 19.1 Å². The first-order valence-electron chi connectivity index (χ1n) is 8.29. The number of benzene rings is 2. The number of rotatable bonds is 7. The number of phenols is 1. The number of ether oxygens (including phenoxy) is 2. The Morgan fingerprint density at radius 1 is 0.926 bits per heavy atom. The van der Waals surface area contributed by atoms with E-state index in [0.717, 1.165) is 0 Å². The number of carbonyl (C=O) groups excluding carboxylic acids is 3. The van der Waals surface area contributed by atoms with Crippen LogP contribution in [-0.2, 0) is 4.74 Å². The number of phenolic OH excluding ortho intramolecular Hbond substituents is 1. The molecule has 8 heteroatoms. The minimum atomic E-state index is -0.808. The molecule has 0 aromatic heterocycles. The molecular weight excluding hydrogens is 352 g/mol. The molecule has 2 aromatic rings. The highest BCUT2D eigenvalue weighted by molar-refractivity contribution is 5.95. The molecule has 2 rings (SSSR count). The average Bonchev–Trinajstić information content (AvgIpc) is 2.65. The predicted molar refractivity (Wildman–Crippen MR) is 96.9 cm³/mol. The number of hydrogen-bond acceptors (Lipinski definition) is 6. The Hall–Kier alpha value is -3.55. The van der Waals surface area contributed by atoms with E-state index < -0.39 is 6.16 Å². The van der Waals surface area contributed by atoms with E-state index in [1.165, 1.54) is 36.4 Å². The van der Waals surface area contributed by atoms with Crippen LogP contribution < -0.4 is 15.4 Å². The maximum Gasteiger partial charge on any atom is 0.513 e. The standard InChI is InChI=1S/C19H20N2O6/c1-2-26-19(25)27-16-8-6-13(7-9-16)17(23)20-10-11-21-18(24)14-4-3-5-15(22)12-14/h3-9,12,22H,2,10-11H2,1H3,(H,20,23)(H,21,24). The third-order valence-electron chi connectivity index (χ3n) is 3.38. The lowest BCUT2D eigenvalue weighted by Crippen LogP contribution is -2.34. The van der Waals surface area contributed by atoms with Gasteiger partial charge in [0, 0.05) is 24.2 Å². The largest absolute Gasteiger partial charge is 0.513 e. The maximum absolute atomic E-state index is 12.1. The normalized spacial score (nSPS) is 9.96. The molecule has 2 aromatic carbocycles. The van der Waals surface area contributed by atoms with E-state index in [0.29, 0.717) is 11.1 Å². The highest BCUT2D eigenvalue weighted by Crippen LogP contribution is 2.13. The highest BCUT2D eigenvalue weighted by Gasteiger charge is 2.09. The summed E-state index contributed by atoms with van der Waals surface area (Å²) in [5.74, 6) is -0.403. The molecule has 0 fully saturated rings. The van der Waals surface area contributed by atoms with Crippen LogP contribution in [0.2, 0.25) is 0 Å². The van der Waals surface area contributed by atoms with Crippen LogP contribution in [0.1, 0.15) is 27.6 Å². The van der Waals surface area contributed by atoms with E-state index >= 15 is 0 Å². The summed E-state index contributed by atoms with van der Waals surface area (Å²) in [5.41, 5.74) is 0.712. The van der Waals surface area contributed by atoms with Gasteiger partial charge in [0.1, 0.15) is 11.5 Å². The van der Waals surface area contributed by atoms with Gasteiger partial charge in [0.05, 0.1) is 6.61 Å². The molecule has 8 nitrogen and oxygen atoms in total. The minimum absolute atomic E-state index is 0.00587. The molecule has 0 atom stereocenters. The first kappa shape index (κ1) is 19.8. The fourth-order valence-electron chi connectivity index (χ4n) is 2.12. The molecule has 2 amide bonds. The summed E-state index contributed by atoms with van der Waals surface area (Å²) in [4.78, 5) is 35.2. The van der Waals surface area contributed by atoms with Crippen LogP contribution in [0.15, 0.2) is 48.5 Å². The van der Waals surface area contributed by atoms with Crippen LogP contribution in [0.3, 0.4) is 0 Å². The Morgan fingerprint density at radius 2 is 1.56 bits per heavy atom. The van der Waals surface area contributed by atoms with Crippen LogP contribution in [-0.4, -0.2) is 42.8 Å². The molecule has 27 heavy (non-hydrogen) atoms. The van der Waals surface area contributed by atoms with Gasteiger partial charge in [-0.3, -0.25) is 9.59 Å². The van der Waals surface area contributed by atoms with Crippen molar-refractivity contribution in [1.29, 1.82) is 0 Å². The zero-order chi connectivity index (χ0) is 19.6. The molecule has 0 bridgehead atoms. The van der Waals surface area contributed by atoms with Crippen LogP contribution in [0, 0.1) is 0 Å². The van der Waals surface area contributed by atoms with Gasteiger partial charge < -0.3 is 25.2 Å². The second-order valence-electron chi connectivity index (χ2n) is 5.37. The molecular formula is C19H20N2O6. The van der Waals surface area contributed by atoms with Crippen molar-refractivity contribution in [3.8, 4) is 11.5 Å². The van der Waals surface area contributed by atoms with E-state index in [4.69, 9.17) is 4.74 Å². The van der Waals surface area contributed by atoms with E-state index in [-0.39, 0.29) is 43.0 Å². The number of carbonyl (C=O) groups is 3. The quantitative estimate of drug-likeness (QED) is 0.390. The summed E-state index contributed by atoms with van der Waals surface area (Å²) in [6, 6.07) is 12.0. The van der Waals surface area contributed by atoms with Crippen molar-refractivity contribution < 1.29 is 29.0 Å². The Balaban J connectivity index is 1.75. The Labute approximate surface area is 156 Å². The maximum atomic E-state index is 12.1. The minimum Gasteiger partial charge on any atom is -0.508 e. The lowest BCUT2D eigenvalue weighted by atomic mass is 10.2. The van der Waals surface area contributed by atoms with Crippen LogP contribution >= 0.6 is 0 Å². The monoisotopic (exact) mass is 372 g/mol. The van der Waals surface area contributed by atoms with Crippen molar-refractivity contribution in [3.05, 3.63) is 59.7 Å². The van der Waals surface area contributed by atoms with Gasteiger partial charge in [-0.1, -0.05) is 6.07 Å². The van der Waals surface area contributed by atoms with Crippen LogP contribution in [0.5, 0.6) is 11.5 Å². The first-order chi connectivity index (χ1) is 13.0. The van der Waals surface area contributed by atoms with Crippen molar-refractivity contribution in [2.24, 2.45) is 0 Å². The number of hydrogen-bond donors (Lipinski definition) is 3. The summed E-state index contributed by atoms with van der Waals surface area (Å²) in [5, 5.41) is 14.7. The van der Waals surface area contributed by atoms with Gasteiger partial charge >= 0.3 is 6.16 Å². The van der Waals surface area contributed by atoms with Crippen molar-refractivity contribution in [2.75, 3.05) is 19.7 Å². The van der Waals surface area contributed by atoms with E-state index in [1.807, 2.05) is 0 Å². The molecule has 0 aliphatic heterocycles. The van der Waals surface area contributed by atoms with E-state index in [9.17, 15) is 19.5 Å². The Morgan fingerprint density at radius 3 is 2.15 bits per heavy atom. The van der Waals surface area contributed by atoms with E-state index in [2.05, 4.69) is 15.4 Å². The predicted octanol–water partition coefficient (Wildman–Crippen LogP) is 2.09. The second-order valence-corrected chi connectivity index (χ2v) is 5.37. The van der Waals surface area contributed by atoms with Crippen LogP contribution in [0.4, 0.5) is 4.79 Å². The number of amides is 2. The van der Waals surface area contributed by atoms with Crippen molar-refractivity contribution in [1.82, 2.24) is 10.6 Å². The third-order valence-corrected chi connectivity index (χ3v) is 3.38. The summed E-state index contributed by atoms with van der Waals surface area (Å²) in [7, 11) is 0. The smallest absolute Gasteiger partial charge is 0.508 e. The lowest BCUT2D eigenvalue weighted by Gasteiger charge is -2.08. The Kier molecular flexibility index (Phi) is 7.18. The molecule has 0 aliphatic rings. The Bertz CT molecular complexity index is 804. The van der Waals surface area contributed by atoms with Gasteiger partial charge in [-0.15, -0.1) is 0 Å². The zero-order valence-corrected chi connectivity index (χ0v) is 14.7. The highest BCUT2D eigenvalue weighted by atomic mass is 16.7. The molecule has 0 unspecified atom stereocenters. The summed E-state index contributed by atoms with van der Waals surface area (Å²) >= 11 is 0. The van der Waals surface area contributed by atoms with Gasteiger partial charge in [-0.2, -0.15) is 0 Å². The topological polar surface area (TPSA) is 114 Å². The van der Waals surface area contributed by atoms with Crippen LogP contribution in [0.25, 0.3) is 0 Å². The van der Waals surface area contributed by atoms with Gasteiger partial charge in [0.2, 0.25) is 0 Å². The summed E-state index contributed by atoms with van der Waals surface area (Å²) in [6.45, 7) is 2.33. The van der Waals surface area contributed by atoms with Crippen molar-refractivity contribution >= 4 is 18.0 Å². The second kappa shape index (κ2) is 9.81. The molecule has 0 aliphatic carbocycles. The molecule has 0 saturated heterocycles. The third kappa shape index (κ3) is 6.35. The zero-order valence-electron chi connectivity index (χ0n) is 14.7. The molecule has 0 saturated carbocycles. The fraction of sp³-hybridized carbons (Fsp3) is 0.211. The summed E-state index contributed by atoms with van der Waals surface area (Å²) in [6.07, 6.45) is -0.808. The van der Waals surface area contributed by atoms with Crippen molar-refractivity contribution in [3.63, 3.8) is 0 Å². The summed E-state index contributed by atoms with van der Waals surface area (Å²) < 4.78 is 9.56. The lowest BCUT2D eigenvalue weighted by molar-refractivity contribution is 0.0927. The molecule has 142 valence electrons. The fourth-order valence-corrected chi connectivity index (χ4v) is 2.12. The number of nitrogens with one attached hydrogen (secondary N) is 2. The van der Waals surface area contributed by atoms with Gasteiger partial charge in [-0.05, 0) is 49.4 Å².